The topological polar surface area (TPSA) is 93.6 Å². The Morgan fingerprint density at radius 3 is 2.43 bits per heavy atom. The van der Waals surface area contributed by atoms with E-state index in [2.05, 4.69) is 15.9 Å². The van der Waals surface area contributed by atoms with Crippen LogP contribution in [0.5, 0.6) is 0 Å². The lowest BCUT2D eigenvalue weighted by Gasteiger charge is -2.22. The van der Waals surface area contributed by atoms with Gasteiger partial charge in [-0.25, -0.2) is 13.6 Å². The van der Waals surface area contributed by atoms with E-state index >= 15 is 0 Å². The number of amides is 1. The highest BCUT2D eigenvalue weighted by Gasteiger charge is 2.34. The average molecular weight is 393 g/mol. The van der Waals surface area contributed by atoms with E-state index in [0.717, 1.165) is 6.07 Å². The van der Waals surface area contributed by atoms with E-state index < -0.39 is 39.3 Å². The molecule has 1 rings (SSSR count). The number of rotatable bonds is 5. The molecule has 0 aliphatic rings. The van der Waals surface area contributed by atoms with Crippen LogP contribution in [0.2, 0.25) is 0 Å². The highest BCUT2D eigenvalue weighted by Crippen LogP contribution is 2.27. The van der Waals surface area contributed by atoms with Gasteiger partial charge in [-0.3, -0.25) is 4.79 Å². The van der Waals surface area contributed by atoms with Gasteiger partial charge in [0.05, 0.1) is 0 Å². The molecule has 0 aliphatic carbocycles. The van der Waals surface area contributed by atoms with Crippen molar-refractivity contribution in [3.63, 3.8) is 0 Å². The zero-order chi connectivity index (χ0) is 16.4. The van der Waals surface area contributed by atoms with Crippen molar-refractivity contribution >= 4 is 31.9 Å². The maximum absolute atomic E-state index is 12.4. The Kier molecular flexibility index (Phi) is 5.45. The summed E-state index contributed by atoms with van der Waals surface area (Å²) in [6.07, 6.45) is -4.27. The van der Waals surface area contributed by atoms with Crippen molar-refractivity contribution in [2.45, 2.75) is 24.4 Å². The van der Waals surface area contributed by atoms with Crippen molar-refractivity contribution in [2.75, 3.05) is 13.1 Å². The Morgan fingerprint density at radius 1 is 1.48 bits per heavy atom. The average Bonchev–Trinajstić information content (AvgIpc) is 2.67. The lowest BCUT2D eigenvalue weighted by atomic mass is 10.3. The van der Waals surface area contributed by atoms with Crippen molar-refractivity contribution in [3.05, 3.63) is 16.5 Å². The van der Waals surface area contributed by atoms with Gasteiger partial charge in [-0.2, -0.15) is 13.2 Å². The number of hydrogen-bond acceptors (Lipinski definition) is 4. The quantitative estimate of drug-likeness (QED) is 0.829. The summed E-state index contributed by atoms with van der Waals surface area (Å²) in [4.78, 5) is 12.0. The van der Waals surface area contributed by atoms with Crippen molar-refractivity contribution < 1.29 is 30.8 Å². The summed E-state index contributed by atoms with van der Waals surface area (Å²) >= 11 is 2.75. The first-order valence-electron chi connectivity index (χ1n) is 5.64. The number of halogens is 4. The fraction of sp³-hybridized carbons (Fsp3) is 0.500. The number of hydrogen-bond donors (Lipinski definition) is 1. The van der Waals surface area contributed by atoms with E-state index in [1.165, 1.54) is 0 Å². The molecule has 21 heavy (non-hydrogen) atoms. The summed E-state index contributed by atoms with van der Waals surface area (Å²) in [5.74, 6) is -1.60. The smallest absolute Gasteiger partial charge is 0.406 e. The molecule has 1 aromatic rings. The van der Waals surface area contributed by atoms with E-state index in [1.807, 2.05) is 0 Å². The molecule has 0 fully saturated rings. The standard InChI is InChI=1S/C10H12BrF3N2O4S/c1-2-3-16(5-10(12,13)14)9(17)6-4-7(8(11)20-6)21(15,18)19/h4H,2-3,5H2,1H3,(H2,15,18,19). The second-order valence-corrected chi connectivity index (χ2v) is 6.39. The predicted molar refractivity (Wildman–Crippen MR) is 70.0 cm³/mol. The summed E-state index contributed by atoms with van der Waals surface area (Å²) in [6, 6.07) is 0.792. The molecule has 0 saturated heterocycles. The number of carbonyl (C=O) groups excluding carboxylic acids is 1. The maximum atomic E-state index is 12.4. The Bertz CT molecular complexity index is 627. The van der Waals surface area contributed by atoms with Gasteiger partial charge in [-0.1, -0.05) is 6.92 Å². The van der Waals surface area contributed by atoms with E-state index in [4.69, 9.17) is 9.56 Å². The van der Waals surface area contributed by atoms with Crippen molar-refractivity contribution in [1.82, 2.24) is 4.90 Å². The molecule has 1 heterocycles. The third-order valence-corrected chi connectivity index (χ3v) is 4.09. The van der Waals surface area contributed by atoms with E-state index in [0.29, 0.717) is 11.3 Å². The lowest BCUT2D eigenvalue weighted by molar-refractivity contribution is -0.140. The Hall–Kier alpha value is -1.07. The molecule has 11 heteroatoms. The summed E-state index contributed by atoms with van der Waals surface area (Å²) in [5, 5.41) is 4.88. The first-order valence-corrected chi connectivity index (χ1v) is 7.97. The second kappa shape index (κ2) is 6.36. The molecule has 0 spiro atoms. The molecule has 0 bridgehead atoms. The van der Waals surface area contributed by atoms with Crippen LogP contribution in [0.3, 0.4) is 0 Å². The number of furan rings is 1. The molecule has 1 aromatic heterocycles. The maximum Gasteiger partial charge on any atom is 0.406 e. The van der Waals surface area contributed by atoms with Crippen LogP contribution in [0.1, 0.15) is 23.9 Å². The van der Waals surface area contributed by atoms with Crippen LogP contribution in [0.25, 0.3) is 0 Å². The third-order valence-electron chi connectivity index (χ3n) is 2.32. The summed E-state index contributed by atoms with van der Waals surface area (Å²) in [7, 11) is -4.15. The largest absolute Gasteiger partial charge is 0.443 e. The molecule has 0 atom stereocenters. The van der Waals surface area contributed by atoms with Crippen LogP contribution >= 0.6 is 15.9 Å². The van der Waals surface area contributed by atoms with Gasteiger partial charge in [-0.05, 0) is 22.4 Å². The van der Waals surface area contributed by atoms with Gasteiger partial charge >= 0.3 is 6.18 Å². The highest BCUT2D eigenvalue weighted by atomic mass is 79.9. The molecule has 0 unspecified atom stereocenters. The first kappa shape index (κ1) is 18.0. The molecule has 0 aliphatic heterocycles. The van der Waals surface area contributed by atoms with Crippen molar-refractivity contribution in [1.29, 1.82) is 0 Å². The molecular formula is C10H12BrF3N2O4S. The van der Waals surface area contributed by atoms with Gasteiger partial charge in [0.25, 0.3) is 5.91 Å². The minimum absolute atomic E-state index is 0.151. The predicted octanol–water partition coefficient (Wildman–Crippen LogP) is 2.10. The third kappa shape index (κ3) is 5.00. The van der Waals surface area contributed by atoms with Gasteiger partial charge < -0.3 is 9.32 Å². The summed E-state index contributed by atoms with van der Waals surface area (Å²) in [5.41, 5.74) is 0. The summed E-state index contributed by atoms with van der Waals surface area (Å²) < 4.78 is 64.2. The van der Waals surface area contributed by atoms with Gasteiger partial charge in [0, 0.05) is 12.6 Å². The number of alkyl halides is 3. The van der Waals surface area contributed by atoms with Gasteiger partial charge in [-0.15, -0.1) is 0 Å². The minimum atomic E-state index is -4.57. The van der Waals surface area contributed by atoms with Crippen molar-refractivity contribution in [2.24, 2.45) is 5.14 Å². The van der Waals surface area contributed by atoms with Gasteiger partial charge in [0.1, 0.15) is 11.4 Å². The zero-order valence-electron chi connectivity index (χ0n) is 10.8. The molecular weight excluding hydrogens is 381 g/mol. The van der Waals surface area contributed by atoms with Gasteiger partial charge in [0.15, 0.2) is 10.4 Å². The molecule has 2 N–H and O–H groups in total. The Balaban J connectivity index is 3.10. The SMILES string of the molecule is CCCN(CC(F)(F)F)C(=O)c1cc(S(N)(=O)=O)c(Br)o1. The van der Waals surface area contributed by atoms with E-state index in [1.54, 1.807) is 6.92 Å². The number of nitrogens with two attached hydrogens (primary N) is 1. The second-order valence-electron chi connectivity index (χ2n) is 4.14. The first-order chi connectivity index (χ1) is 9.45. The Labute approximate surface area is 127 Å². The molecule has 0 radical (unpaired) electrons. The van der Waals surface area contributed by atoms with Crippen LogP contribution in [-0.4, -0.2) is 38.5 Å². The van der Waals surface area contributed by atoms with Crippen LogP contribution in [0.15, 0.2) is 20.0 Å². The molecule has 1 amide bonds. The fourth-order valence-electron chi connectivity index (χ4n) is 1.55. The van der Waals surface area contributed by atoms with E-state index in [-0.39, 0.29) is 11.2 Å². The zero-order valence-corrected chi connectivity index (χ0v) is 13.2. The minimum Gasteiger partial charge on any atom is -0.443 e. The number of primary sulfonamides is 1. The van der Waals surface area contributed by atoms with E-state index in [9.17, 15) is 26.4 Å². The number of carbonyl (C=O) groups is 1. The lowest BCUT2D eigenvalue weighted by Crippen LogP contribution is -2.39. The van der Waals surface area contributed by atoms with Gasteiger partial charge in [0.2, 0.25) is 10.0 Å². The van der Waals surface area contributed by atoms with Crippen molar-refractivity contribution in [3.8, 4) is 0 Å². The fourth-order valence-corrected chi connectivity index (χ4v) is 3.05. The van der Waals surface area contributed by atoms with Crippen LogP contribution in [0.4, 0.5) is 13.2 Å². The van der Waals surface area contributed by atoms with Crippen LogP contribution in [-0.2, 0) is 10.0 Å². The van der Waals surface area contributed by atoms with Crippen LogP contribution in [0, 0.1) is 0 Å². The number of sulfonamides is 1. The Morgan fingerprint density at radius 2 is 2.05 bits per heavy atom. The highest BCUT2D eigenvalue weighted by molar-refractivity contribution is 9.10. The molecule has 120 valence electrons. The monoisotopic (exact) mass is 392 g/mol. The number of nitrogens with zero attached hydrogens (tertiary/aromatic N) is 1. The molecule has 6 nitrogen and oxygen atoms in total. The summed E-state index contributed by atoms with van der Waals surface area (Å²) in [6.45, 7) is -0.00541. The molecule has 0 saturated carbocycles. The van der Waals surface area contributed by atoms with Crippen LogP contribution < -0.4 is 5.14 Å². The molecule has 0 aromatic carbocycles. The normalized spacial score (nSPS) is 12.5.